The molecular weight excluding hydrogens is 288 g/mol. The first-order valence-corrected chi connectivity index (χ1v) is 8.33. The van der Waals surface area contributed by atoms with Crippen molar-refractivity contribution in [3.05, 3.63) is 50.7 Å². The smallest absolute Gasteiger partial charge is 0.0642 e. The molecule has 1 N–H and O–H groups in total. The molecule has 2 aromatic rings. The first kappa shape index (κ1) is 13.9. The summed E-state index contributed by atoms with van der Waals surface area (Å²) >= 11 is 8.35. The van der Waals surface area contributed by atoms with Gasteiger partial charge in [-0.2, -0.15) is 0 Å². The van der Waals surface area contributed by atoms with Crippen LogP contribution >= 0.6 is 22.9 Å². The Bertz CT molecular complexity index is 594. The summed E-state index contributed by atoms with van der Waals surface area (Å²) < 4.78 is 0. The molecule has 0 saturated heterocycles. The van der Waals surface area contributed by atoms with Gasteiger partial charge in [-0.05, 0) is 47.7 Å². The standard InChI is InChI=1S/C16H19ClN2S/c1-2-18-10-12-3-4-15(14(17)9-12)19-7-5-16-13(11-19)6-8-20-16/h3-4,6,8-9,18H,2,5,7,10-11H2,1H3. The van der Waals surface area contributed by atoms with Gasteiger partial charge in [0.2, 0.25) is 0 Å². The van der Waals surface area contributed by atoms with Gasteiger partial charge in [0.25, 0.3) is 0 Å². The molecule has 0 radical (unpaired) electrons. The molecule has 106 valence electrons. The minimum atomic E-state index is 0.860. The van der Waals surface area contributed by atoms with Gasteiger partial charge in [0.15, 0.2) is 0 Å². The molecule has 1 aromatic heterocycles. The van der Waals surface area contributed by atoms with E-state index >= 15 is 0 Å². The maximum Gasteiger partial charge on any atom is 0.0642 e. The topological polar surface area (TPSA) is 15.3 Å². The van der Waals surface area contributed by atoms with Crippen LogP contribution in [0.1, 0.15) is 22.9 Å². The molecule has 0 atom stereocenters. The van der Waals surface area contributed by atoms with E-state index in [1.165, 1.54) is 16.0 Å². The second kappa shape index (κ2) is 6.17. The third kappa shape index (κ3) is 2.85. The van der Waals surface area contributed by atoms with E-state index in [9.17, 15) is 0 Å². The summed E-state index contributed by atoms with van der Waals surface area (Å²) in [4.78, 5) is 3.91. The van der Waals surface area contributed by atoms with Crippen molar-refractivity contribution in [2.45, 2.75) is 26.4 Å². The third-order valence-corrected chi connectivity index (χ3v) is 5.07. The van der Waals surface area contributed by atoms with Crippen LogP contribution in [0.25, 0.3) is 0 Å². The van der Waals surface area contributed by atoms with Crippen LogP contribution in [0.5, 0.6) is 0 Å². The summed E-state index contributed by atoms with van der Waals surface area (Å²) in [5, 5.41) is 6.38. The molecule has 1 aliphatic heterocycles. The fourth-order valence-corrected chi connectivity index (χ4v) is 3.85. The Morgan fingerprint density at radius 2 is 2.25 bits per heavy atom. The molecule has 0 saturated carbocycles. The second-order valence-electron chi connectivity index (χ2n) is 5.11. The molecule has 0 unspecified atom stereocenters. The van der Waals surface area contributed by atoms with E-state index in [0.717, 1.165) is 43.3 Å². The summed E-state index contributed by atoms with van der Waals surface area (Å²) in [5.74, 6) is 0. The van der Waals surface area contributed by atoms with Gasteiger partial charge in [-0.1, -0.05) is 24.6 Å². The summed E-state index contributed by atoms with van der Waals surface area (Å²) in [6.07, 6.45) is 1.13. The van der Waals surface area contributed by atoms with Crippen molar-refractivity contribution in [1.82, 2.24) is 5.32 Å². The van der Waals surface area contributed by atoms with Crippen molar-refractivity contribution < 1.29 is 0 Å². The lowest BCUT2D eigenvalue weighted by Gasteiger charge is -2.30. The van der Waals surface area contributed by atoms with Crippen LogP contribution < -0.4 is 10.2 Å². The Kier molecular flexibility index (Phi) is 4.29. The first-order chi connectivity index (χ1) is 9.78. The predicted molar refractivity (Wildman–Crippen MR) is 87.9 cm³/mol. The number of nitrogens with one attached hydrogen (secondary N) is 1. The Morgan fingerprint density at radius 3 is 3.05 bits per heavy atom. The van der Waals surface area contributed by atoms with Crippen LogP contribution in [0.15, 0.2) is 29.6 Å². The van der Waals surface area contributed by atoms with Gasteiger partial charge >= 0.3 is 0 Å². The normalized spacial score (nSPS) is 14.4. The lowest BCUT2D eigenvalue weighted by molar-refractivity contribution is 0.724. The number of anilines is 1. The largest absolute Gasteiger partial charge is 0.366 e. The molecule has 2 nitrogen and oxygen atoms in total. The van der Waals surface area contributed by atoms with Crippen molar-refractivity contribution in [2.24, 2.45) is 0 Å². The van der Waals surface area contributed by atoms with Crippen LogP contribution in [0.2, 0.25) is 5.02 Å². The second-order valence-corrected chi connectivity index (χ2v) is 6.51. The average molecular weight is 307 g/mol. The molecule has 0 aliphatic carbocycles. The van der Waals surface area contributed by atoms with Crippen LogP contribution in [-0.4, -0.2) is 13.1 Å². The molecule has 4 heteroatoms. The highest BCUT2D eigenvalue weighted by atomic mass is 35.5. The van der Waals surface area contributed by atoms with E-state index in [2.05, 4.69) is 46.8 Å². The van der Waals surface area contributed by atoms with Gasteiger partial charge in [0, 0.05) is 24.5 Å². The van der Waals surface area contributed by atoms with Crippen molar-refractivity contribution in [3.63, 3.8) is 0 Å². The summed E-state index contributed by atoms with van der Waals surface area (Å²) in [6.45, 7) is 6.00. The monoisotopic (exact) mass is 306 g/mol. The van der Waals surface area contributed by atoms with Crippen LogP contribution in [0.3, 0.4) is 0 Å². The SMILES string of the molecule is CCNCc1ccc(N2CCc3sccc3C2)c(Cl)c1. The number of benzene rings is 1. The molecule has 0 amide bonds. The number of thiophene rings is 1. The molecule has 0 fully saturated rings. The lowest BCUT2D eigenvalue weighted by Crippen LogP contribution is -2.29. The summed E-state index contributed by atoms with van der Waals surface area (Å²) in [5.41, 5.74) is 3.85. The first-order valence-electron chi connectivity index (χ1n) is 7.07. The highest BCUT2D eigenvalue weighted by Gasteiger charge is 2.19. The van der Waals surface area contributed by atoms with E-state index in [4.69, 9.17) is 11.6 Å². The molecule has 20 heavy (non-hydrogen) atoms. The van der Waals surface area contributed by atoms with E-state index in [0.29, 0.717) is 0 Å². The number of halogens is 1. The van der Waals surface area contributed by atoms with Gasteiger partial charge in [-0.3, -0.25) is 0 Å². The maximum absolute atomic E-state index is 6.48. The van der Waals surface area contributed by atoms with Gasteiger partial charge in [-0.15, -0.1) is 11.3 Å². The number of fused-ring (bicyclic) bond motifs is 1. The van der Waals surface area contributed by atoms with Crippen molar-refractivity contribution >= 4 is 28.6 Å². The molecule has 1 aromatic carbocycles. The van der Waals surface area contributed by atoms with Crippen molar-refractivity contribution in [2.75, 3.05) is 18.0 Å². The average Bonchev–Trinajstić information content (AvgIpc) is 2.92. The Hall–Kier alpha value is -1.03. The molecule has 0 bridgehead atoms. The van der Waals surface area contributed by atoms with E-state index in [1.807, 2.05) is 11.3 Å². The number of hydrogen-bond acceptors (Lipinski definition) is 3. The molecule has 2 heterocycles. The number of rotatable bonds is 4. The van der Waals surface area contributed by atoms with Crippen LogP contribution in [-0.2, 0) is 19.5 Å². The highest BCUT2D eigenvalue weighted by molar-refractivity contribution is 7.10. The Morgan fingerprint density at radius 1 is 1.35 bits per heavy atom. The quantitative estimate of drug-likeness (QED) is 0.916. The van der Waals surface area contributed by atoms with E-state index < -0.39 is 0 Å². The Labute approximate surface area is 129 Å². The zero-order chi connectivity index (χ0) is 13.9. The summed E-state index contributed by atoms with van der Waals surface area (Å²) in [6, 6.07) is 8.65. The zero-order valence-corrected chi connectivity index (χ0v) is 13.2. The fraction of sp³-hybridized carbons (Fsp3) is 0.375. The van der Waals surface area contributed by atoms with E-state index in [-0.39, 0.29) is 0 Å². The number of nitrogens with zero attached hydrogens (tertiary/aromatic N) is 1. The highest BCUT2D eigenvalue weighted by Crippen LogP contribution is 2.32. The van der Waals surface area contributed by atoms with Gasteiger partial charge in [0.1, 0.15) is 0 Å². The van der Waals surface area contributed by atoms with Gasteiger partial charge < -0.3 is 10.2 Å². The predicted octanol–water partition coefficient (Wildman–Crippen LogP) is 4.07. The van der Waals surface area contributed by atoms with Crippen LogP contribution in [0, 0.1) is 0 Å². The fourth-order valence-electron chi connectivity index (χ4n) is 2.64. The van der Waals surface area contributed by atoms with Gasteiger partial charge in [0.05, 0.1) is 10.7 Å². The summed E-state index contributed by atoms with van der Waals surface area (Å²) in [7, 11) is 0. The minimum absolute atomic E-state index is 0.860. The lowest BCUT2D eigenvalue weighted by atomic mass is 10.1. The minimum Gasteiger partial charge on any atom is -0.366 e. The molecule has 1 aliphatic rings. The van der Waals surface area contributed by atoms with Crippen molar-refractivity contribution in [3.8, 4) is 0 Å². The zero-order valence-electron chi connectivity index (χ0n) is 11.7. The molecular formula is C16H19ClN2S. The van der Waals surface area contributed by atoms with Gasteiger partial charge in [-0.25, -0.2) is 0 Å². The maximum atomic E-state index is 6.48. The van der Waals surface area contributed by atoms with E-state index in [1.54, 1.807) is 0 Å². The van der Waals surface area contributed by atoms with Crippen molar-refractivity contribution in [1.29, 1.82) is 0 Å². The molecule has 0 spiro atoms. The third-order valence-electron chi connectivity index (χ3n) is 3.74. The molecule has 3 rings (SSSR count). The Balaban J connectivity index is 1.78. The number of hydrogen-bond donors (Lipinski definition) is 1. The van der Waals surface area contributed by atoms with Crippen LogP contribution in [0.4, 0.5) is 5.69 Å².